The molecule has 5 heteroatoms. The van der Waals surface area contributed by atoms with E-state index in [1.807, 2.05) is 53.4 Å². The van der Waals surface area contributed by atoms with Crippen molar-refractivity contribution in [2.75, 3.05) is 26.9 Å². The van der Waals surface area contributed by atoms with Gasteiger partial charge in [-0.05, 0) is 65.6 Å². The van der Waals surface area contributed by atoms with Crippen LogP contribution in [-0.2, 0) is 0 Å². The summed E-state index contributed by atoms with van der Waals surface area (Å²) in [5.74, 6) is 2.43. The number of ether oxygens (including phenoxy) is 3. The Morgan fingerprint density at radius 2 is 1.76 bits per heavy atom. The van der Waals surface area contributed by atoms with Crippen LogP contribution in [0.1, 0.15) is 34.8 Å². The second-order valence-corrected chi connectivity index (χ2v) is 7.49. The number of benzene rings is 3. The van der Waals surface area contributed by atoms with Crippen LogP contribution in [0.5, 0.6) is 17.2 Å². The molecule has 2 aliphatic heterocycles. The zero-order valence-corrected chi connectivity index (χ0v) is 16.4. The van der Waals surface area contributed by atoms with E-state index in [4.69, 9.17) is 14.2 Å². The van der Waals surface area contributed by atoms with Crippen LogP contribution in [0.15, 0.2) is 54.6 Å². The lowest BCUT2D eigenvalue weighted by Crippen LogP contribution is -2.30. The Balaban J connectivity index is 1.43. The molecular formula is C24H23NO4. The Morgan fingerprint density at radius 3 is 2.62 bits per heavy atom. The highest BCUT2D eigenvalue weighted by atomic mass is 16.6. The first-order valence-electron chi connectivity index (χ1n) is 10.0. The van der Waals surface area contributed by atoms with Gasteiger partial charge in [-0.2, -0.15) is 0 Å². The molecule has 1 amide bonds. The molecule has 0 saturated carbocycles. The lowest BCUT2D eigenvalue weighted by molar-refractivity contribution is 0.0735. The number of nitrogens with zero attached hydrogens (tertiary/aromatic N) is 1. The SMILES string of the molecule is COc1ccc2cc(C(=O)N3CCCC3c3ccc4c(c3)OCCO4)ccc2c1. The van der Waals surface area contributed by atoms with Gasteiger partial charge in [-0.3, -0.25) is 4.79 Å². The molecule has 0 aliphatic carbocycles. The van der Waals surface area contributed by atoms with Gasteiger partial charge in [0.2, 0.25) is 0 Å². The molecule has 1 unspecified atom stereocenters. The van der Waals surface area contributed by atoms with Crippen molar-refractivity contribution in [3.05, 3.63) is 65.7 Å². The van der Waals surface area contributed by atoms with E-state index in [0.717, 1.165) is 53.0 Å². The molecule has 148 valence electrons. The highest BCUT2D eigenvalue weighted by molar-refractivity contribution is 5.99. The van der Waals surface area contributed by atoms with E-state index in [1.54, 1.807) is 7.11 Å². The molecule has 5 nitrogen and oxygen atoms in total. The van der Waals surface area contributed by atoms with E-state index < -0.39 is 0 Å². The van der Waals surface area contributed by atoms with Crippen molar-refractivity contribution < 1.29 is 19.0 Å². The predicted molar refractivity (Wildman–Crippen MR) is 111 cm³/mol. The largest absolute Gasteiger partial charge is 0.497 e. The molecule has 2 aliphatic rings. The lowest BCUT2D eigenvalue weighted by Gasteiger charge is -2.27. The van der Waals surface area contributed by atoms with E-state index >= 15 is 0 Å². The maximum atomic E-state index is 13.3. The molecule has 3 aromatic carbocycles. The van der Waals surface area contributed by atoms with Crippen LogP contribution in [0.2, 0.25) is 0 Å². The second-order valence-electron chi connectivity index (χ2n) is 7.49. The summed E-state index contributed by atoms with van der Waals surface area (Å²) in [6, 6.07) is 17.8. The summed E-state index contributed by atoms with van der Waals surface area (Å²) in [7, 11) is 1.66. The fourth-order valence-electron chi connectivity index (χ4n) is 4.27. The van der Waals surface area contributed by atoms with E-state index in [9.17, 15) is 4.79 Å². The molecule has 0 spiro atoms. The minimum absolute atomic E-state index is 0.0601. The number of hydrogen-bond acceptors (Lipinski definition) is 4. The Kier molecular flexibility index (Phi) is 4.51. The van der Waals surface area contributed by atoms with Crippen molar-refractivity contribution in [3.8, 4) is 17.2 Å². The van der Waals surface area contributed by atoms with Gasteiger partial charge in [0.05, 0.1) is 13.2 Å². The Morgan fingerprint density at radius 1 is 0.966 bits per heavy atom. The molecule has 1 fully saturated rings. The molecule has 29 heavy (non-hydrogen) atoms. The van der Waals surface area contributed by atoms with Gasteiger partial charge in [-0.25, -0.2) is 0 Å². The topological polar surface area (TPSA) is 48.0 Å². The van der Waals surface area contributed by atoms with Crippen molar-refractivity contribution in [3.63, 3.8) is 0 Å². The molecular weight excluding hydrogens is 366 g/mol. The first-order chi connectivity index (χ1) is 14.2. The van der Waals surface area contributed by atoms with Crippen LogP contribution < -0.4 is 14.2 Å². The third-order valence-corrected chi connectivity index (χ3v) is 5.76. The minimum Gasteiger partial charge on any atom is -0.497 e. The highest BCUT2D eigenvalue weighted by Gasteiger charge is 2.31. The third kappa shape index (κ3) is 3.27. The Bertz CT molecular complexity index is 1080. The van der Waals surface area contributed by atoms with Gasteiger partial charge in [0.15, 0.2) is 11.5 Å². The molecule has 0 bridgehead atoms. The molecule has 0 radical (unpaired) electrons. The Hall–Kier alpha value is -3.21. The third-order valence-electron chi connectivity index (χ3n) is 5.76. The quantitative estimate of drug-likeness (QED) is 0.657. The first-order valence-corrected chi connectivity index (χ1v) is 10.0. The molecule has 0 N–H and O–H groups in total. The van der Waals surface area contributed by atoms with Gasteiger partial charge in [0.1, 0.15) is 19.0 Å². The summed E-state index contributed by atoms with van der Waals surface area (Å²) in [5.41, 5.74) is 1.82. The first kappa shape index (κ1) is 17.9. The number of rotatable bonds is 3. The molecule has 3 aromatic rings. The van der Waals surface area contributed by atoms with Gasteiger partial charge in [0.25, 0.3) is 5.91 Å². The number of fused-ring (bicyclic) bond motifs is 2. The van der Waals surface area contributed by atoms with Crippen molar-refractivity contribution in [1.82, 2.24) is 4.90 Å². The summed E-state index contributed by atoms with van der Waals surface area (Å²) < 4.78 is 16.6. The average molecular weight is 389 g/mol. The fraction of sp³-hybridized carbons (Fsp3) is 0.292. The van der Waals surface area contributed by atoms with Crippen LogP contribution >= 0.6 is 0 Å². The fourth-order valence-corrected chi connectivity index (χ4v) is 4.27. The van der Waals surface area contributed by atoms with Gasteiger partial charge in [-0.1, -0.05) is 18.2 Å². The monoisotopic (exact) mass is 389 g/mol. The highest BCUT2D eigenvalue weighted by Crippen LogP contribution is 2.38. The van der Waals surface area contributed by atoms with Crippen LogP contribution in [-0.4, -0.2) is 37.7 Å². The Labute approximate surface area is 169 Å². The number of hydrogen-bond donors (Lipinski definition) is 0. The number of likely N-dealkylation sites (tertiary alicyclic amines) is 1. The molecule has 1 saturated heterocycles. The summed E-state index contributed by atoms with van der Waals surface area (Å²) in [4.78, 5) is 15.3. The summed E-state index contributed by atoms with van der Waals surface area (Å²) in [6.45, 7) is 1.90. The van der Waals surface area contributed by atoms with E-state index in [1.165, 1.54) is 0 Å². The zero-order valence-electron chi connectivity index (χ0n) is 16.4. The van der Waals surface area contributed by atoms with Crippen LogP contribution in [0.25, 0.3) is 10.8 Å². The van der Waals surface area contributed by atoms with Crippen molar-refractivity contribution in [2.24, 2.45) is 0 Å². The molecule has 5 rings (SSSR count). The number of methoxy groups -OCH3 is 1. The van der Waals surface area contributed by atoms with E-state index in [2.05, 4.69) is 6.07 Å². The number of carbonyl (C=O) groups excluding carboxylic acids is 1. The average Bonchev–Trinajstić information content (AvgIpc) is 3.27. The van der Waals surface area contributed by atoms with Crippen LogP contribution in [0.3, 0.4) is 0 Å². The van der Waals surface area contributed by atoms with Gasteiger partial charge in [0, 0.05) is 12.1 Å². The van der Waals surface area contributed by atoms with Crippen molar-refractivity contribution in [1.29, 1.82) is 0 Å². The van der Waals surface area contributed by atoms with Gasteiger partial charge in [-0.15, -0.1) is 0 Å². The van der Waals surface area contributed by atoms with Crippen molar-refractivity contribution >= 4 is 16.7 Å². The van der Waals surface area contributed by atoms with Gasteiger partial charge >= 0.3 is 0 Å². The second kappa shape index (κ2) is 7.32. The number of amides is 1. The maximum absolute atomic E-state index is 13.3. The molecule has 2 heterocycles. The van der Waals surface area contributed by atoms with Gasteiger partial charge < -0.3 is 19.1 Å². The van der Waals surface area contributed by atoms with Crippen molar-refractivity contribution in [2.45, 2.75) is 18.9 Å². The van der Waals surface area contributed by atoms with Crippen LogP contribution in [0.4, 0.5) is 0 Å². The predicted octanol–water partition coefficient (Wildman–Crippen LogP) is 4.60. The molecule has 0 aromatic heterocycles. The summed E-state index contributed by atoms with van der Waals surface area (Å²) in [5, 5.41) is 2.09. The zero-order chi connectivity index (χ0) is 19.8. The number of carbonyl (C=O) groups is 1. The molecule has 1 atom stereocenters. The van der Waals surface area contributed by atoms with Crippen LogP contribution in [0, 0.1) is 0 Å². The summed E-state index contributed by atoms with van der Waals surface area (Å²) >= 11 is 0. The van der Waals surface area contributed by atoms with E-state index in [0.29, 0.717) is 18.8 Å². The van der Waals surface area contributed by atoms with E-state index in [-0.39, 0.29) is 11.9 Å². The minimum atomic E-state index is 0.0601. The summed E-state index contributed by atoms with van der Waals surface area (Å²) in [6.07, 6.45) is 1.95. The maximum Gasteiger partial charge on any atom is 0.254 e. The standard InChI is InChI=1S/C24H23NO4/c1-27-20-8-6-16-13-19(5-4-17(16)14-20)24(26)25-10-2-3-21(25)18-7-9-22-23(15-18)29-12-11-28-22/h4-9,13-15,21H,2-3,10-12H2,1H3. The lowest BCUT2D eigenvalue weighted by atomic mass is 10.0. The smallest absolute Gasteiger partial charge is 0.254 e. The normalized spacial score (nSPS) is 18.1.